The Labute approximate surface area is 168 Å². The van der Waals surface area contributed by atoms with Gasteiger partial charge in [-0.2, -0.15) is 0 Å². The highest BCUT2D eigenvalue weighted by Gasteiger charge is 2.42. The Balaban J connectivity index is 1.61. The molecule has 0 saturated carbocycles. The van der Waals surface area contributed by atoms with Gasteiger partial charge in [0, 0.05) is 13.2 Å². The largest absolute Gasteiger partial charge is 0.457 e. The fraction of sp³-hybridized carbons (Fsp3) is 0.609. The van der Waals surface area contributed by atoms with Crippen LogP contribution in [0.1, 0.15) is 51.5 Å². The van der Waals surface area contributed by atoms with E-state index in [1.807, 2.05) is 50.3 Å². The second-order valence-electron chi connectivity index (χ2n) is 7.77. The van der Waals surface area contributed by atoms with Crippen molar-refractivity contribution in [1.82, 2.24) is 0 Å². The summed E-state index contributed by atoms with van der Waals surface area (Å²) < 4.78 is 23.7. The number of benzene rings is 1. The Morgan fingerprint density at radius 3 is 2.79 bits per heavy atom. The lowest BCUT2D eigenvalue weighted by Crippen LogP contribution is -2.51. The summed E-state index contributed by atoms with van der Waals surface area (Å²) in [5.41, 5.74) is 0.593. The summed E-state index contributed by atoms with van der Waals surface area (Å²) in [5.74, 6) is -0.333. The molecule has 0 N–H and O–H groups in total. The molecule has 2 fully saturated rings. The Hall–Kier alpha value is -1.69. The molecule has 0 aliphatic carbocycles. The minimum absolute atomic E-state index is 0.273. The van der Waals surface area contributed by atoms with Crippen LogP contribution in [0.25, 0.3) is 0 Å². The maximum Gasteiger partial charge on any atom is 0.338 e. The average molecular weight is 389 g/mol. The van der Waals surface area contributed by atoms with E-state index < -0.39 is 11.7 Å². The summed E-state index contributed by atoms with van der Waals surface area (Å²) in [6, 6.07) is 9.98. The molecule has 28 heavy (non-hydrogen) atoms. The summed E-state index contributed by atoms with van der Waals surface area (Å²) >= 11 is 0. The lowest BCUT2D eigenvalue weighted by atomic mass is 9.89. The molecular formula is C23H32O5. The van der Waals surface area contributed by atoms with Gasteiger partial charge in [0.05, 0.1) is 12.7 Å². The van der Waals surface area contributed by atoms with E-state index >= 15 is 0 Å². The number of hydrogen-bond donors (Lipinski definition) is 0. The van der Waals surface area contributed by atoms with Gasteiger partial charge in [0.15, 0.2) is 6.10 Å². The molecule has 3 rings (SSSR count). The number of rotatable bonds is 7. The van der Waals surface area contributed by atoms with Crippen LogP contribution in [-0.4, -0.2) is 43.1 Å². The normalized spacial score (nSPS) is 31.0. The Bertz CT molecular complexity index is 644. The first-order valence-corrected chi connectivity index (χ1v) is 10.3. The van der Waals surface area contributed by atoms with Crippen molar-refractivity contribution < 1.29 is 23.7 Å². The van der Waals surface area contributed by atoms with E-state index in [0.717, 1.165) is 37.7 Å². The molecule has 0 spiro atoms. The molecule has 154 valence electrons. The van der Waals surface area contributed by atoms with Gasteiger partial charge in [0.25, 0.3) is 0 Å². The average Bonchev–Trinajstić information content (AvgIpc) is 2.73. The Morgan fingerprint density at radius 1 is 1.21 bits per heavy atom. The van der Waals surface area contributed by atoms with Gasteiger partial charge in [0.1, 0.15) is 11.7 Å². The zero-order valence-corrected chi connectivity index (χ0v) is 17.0. The Kier molecular flexibility index (Phi) is 7.65. The molecular weight excluding hydrogens is 356 g/mol. The van der Waals surface area contributed by atoms with Crippen molar-refractivity contribution in [3.63, 3.8) is 0 Å². The van der Waals surface area contributed by atoms with Crippen LogP contribution in [0.5, 0.6) is 0 Å². The maximum absolute atomic E-state index is 12.9. The highest BCUT2D eigenvalue weighted by molar-refractivity contribution is 5.76. The third kappa shape index (κ3) is 5.43. The van der Waals surface area contributed by atoms with Crippen LogP contribution in [0.15, 0.2) is 42.5 Å². The fourth-order valence-corrected chi connectivity index (χ4v) is 3.83. The summed E-state index contributed by atoms with van der Waals surface area (Å²) in [6.07, 6.45) is 6.93. The van der Waals surface area contributed by atoms with E-state index in [9.17, 15) is 4.79 Å². The van der Waals surface area contributed by atoms with Crippen LogP contribution >= 0.6 is 0 Å². The molecule has 2 saturated heterocycles. The number of esters is 1. The molecule has 0 amide bonds. The smallest absolute Gasteiger partial charge is 0.338 e. The molecule has 2 aliphatic rings. The summed E-state index contributed by atoms with van der Waals surface area (Å²) in [6.45, 7) is 5.73. The molecule has 0 radical (unpaired) electrons. The van der Waals surface area contributed by atoms with Gasteiger partial charge < -0.3 is 18.9 Å². The molecule has 1 aromatic rings. The summed E-state index contributed by atoms with van der Waals surface area (Å²) in [4.78, 5) is 12.9. The first kappa shape index (κ1) is 21.0. The topological polar surface area (TPSA) is 54.0 Å². The van der Waals surface area contributed by atoms with E-state index in [-0.39, 0.29) is 18.2 Å². The SMILES string of the molecule is C/C=C\C[C@@]1(C)OCCC[C@@H]1OC(=O)[C@H]1OCCC[C@@H]1OCc1ccccc1. The first-order chi connectivity index (χ1) is 13.6. The molecule has 2 heterocycles. The number of carbonyl (C=O) groups excluding carboxylic acids is 1. The van der Waals surface area contributed by atoms with E-state index in [1.54, 1.807) is 0 Å². The maximum atomic E-state index is 12.9. The molecule has 0 aromatic heterocycles. The third-order valence-electron chi connectivity index (χ3n) is 5.55. The number of hydrogen-bond acceptors (Lipinski definition) is 5. The standard InChI is InChI=1S/C23H32O5/c1-3-4-14-23(2)20(13-9-16-27-23)28-22(24)21-19(12-8-15-25-21)26-17-18-10-6-5-7-11-18/h3-7,10-11,19-21H,8-9,12-17H2,1-2H3/b4-3-/t19-,20-,21-,23+/m0/s1. The fourth-order valence-electron chi connectivity index (χ4n) is 3.83. The summed E-state index contributed by atoms with van der Waals surface area (Å²) in [5, 5.41) is 0. The van der Waals surface area contributed by atoms with Gasteiger partial charge in [-0.15, -0.1) is 0 Å². The minimum Gasteiger partial charge on any atom is -0.457 e. The quantitative estimate of drug-likeness (QED) is 0.518. The molecule has 5 nitrogen and oxygen atoms in total. The van der Waals surface area contributed by atoms with Crippen LogP contribution in [0.3, 0.4) is 0 Å². The zero-order valence-electron chi connectivity index (χ0n) is 17.0. The molecule has 4 atom stereocenters. The van der Waals surface area contributed by atoms with Gasteiger partial charge in [-0.25, -0.2) is 4.79 Å². The van der Waals surface area contributed by atoms with Crippen molar-refractivity contribution in [3.05, 3.63) is 48.0 Å². The van der Waals surface area contributed by atoms with Crippen molar-refractivity contribution in [2.75, 3.05) is 13.2 Å². The number of allylic oxidation sites excluding steroid dienone is 1. The van der Waals surface area contributed by atoms with Crippen molar-refractivity contribution >= 4 is 5.97 Å². The highest BCUT2D eigenvalue weighted by atomic mass is 16.6. The molecule has 5 heteroatoms. The van der Waals surface area contributed by atoms with Crippen molar-refractivity contribution in [2.45, 2.75) is 76.5 Å². The third-order valence-corrected chi connectivity index (χ3v) is 5.55. The lowest BCUT2D eigenvalue weighted by Gasteiger charge is -2.41. The monoisotopic (exact) mass is 388 g/mol. The van der Waals surface area contributed by atoms with Crippen LogP contribution in [0.2, 0.25) is 0 Å². The van der Waals surface area contributed by atoms with E-state index in [1.165, 1.54) is 0 Å². The lowest BCUT2D eigenvalue weighted by molar-refractivity contribution is -0.205. The van der Waals surface area contributed by atoms with Crippen molar-refractivity contribution in [2.24, 2.45) is 0 Å². The van der Waals surface area contributed by atoms with Gasteiger partial charge >= 0.3 is 5.97 Å². The van der Waals surface area contributed by atoms with Crippen molar-refractivity contribution in [3.8, 4) is 0 Å². The summed E-state index contributed by atoms with van der Waals surface area (Å²) in [7, 11) is 0. The second-order valence-corrected chi connectivity index (χ2v) is 7.77. The van der Waals surface area contributed by atoms with Gasteiger partial charge in [-0.05, 0) is 51.5 Å². The van der Waals surface area contributed by atoms with E-state index in [4.69, 9.17) is 18.9 Å². The van der Waals surface area contributed by atoms with Crippen LogP contribution in [0.4, 0.5) is 0 Å². The van der Waals surface area contributed by atoms with Gasteiger partial charge in [0.2, 0.25) is 0 Å². The number of carbonyl (C=O) groups is 1. The van der Waals surface area contributed by atoms with Crippen LogP contribution < -0.4 is 0 Å². The minimum atomic E-state index is -0.676. The van der Waals surface area contributed by atoms with Crippen molar-refractivity contribution in [1.29, 1.82) is 0 Å². The molecule has 2 aliphatic heterocycles. The molecule has 0 unspecified atom stereocenters. The molecule has 1 aromatic carbocycles. The van der Waals surface area contributed by atoms with Gasteiger partial charge in [-0.1, -0.05) is 42.5 Å². The highest BCUT2D eigenvalue weighted by Crippen LogP contribution is 2.32. The zero-order chi connectivity index (χ0) is 19.8. The van der Waals surface area contributed by atoms with E-state index in [2.05, 4.69) is 6.08 Å². The first-order valence-electron chi connectivity index (χ1n) is 10.3. The predicted molar refractivity (Wildman–Crippen MR) is 107 cm³/mol. The van der Waals surface area contributed by atoms with Gasteiger partial charge in [-0.3, -0.25) is 0 Å². The van der Waals surface area contributed by atoms with Crippen LogP contribution in [0, 0.1) is 0 Å². The number of ether oxygens (including phenoxy) is 4. The van der Waals surface area contributed by atoms with Crippen LogP contribution in [-0.2, 0) is 30.3 Å². The Morgan fingerprint density at radius 2 is 2.00 bits per heavy atom. The molecule has 0 bridgehead atoms. The predicted octanol–water partition coefficient (Wildman–Crippen LogP) is 4.20. The second kappa shape index (κ2) is 10.2. The van der Waals surface area contributed by atoms with E-state index in [0.29, 0.717) is 19.8 Å².